The second-order valence-electron chi connectivity index (χ2n) is 9.04. The topological polar surface area (TPSA) is 49.4 Å². The van der Waals surface area contributed by atoms with Crippen molar-refractivity contribution in [3.63, 3.8) is 0 Å². The number of benzene rings is 1. The minimum absolute atomic E-state index is 0.00289. The lowest BCUT2D eigenvalue weighted by atomic mass is 9.88. The van der Waals surface area contributed by atoms with Gasteiger partial charge in [-0.05, 0) is 57.9 Å². The van der Waals surface area contributed by atoms with Crippen molar-refractivity contribution in [3.8, 4) is 0 Å². The minimum atomic E-state index is -0.371. The van der Waals surface area contributed by atoms with Crippen LogP contribution in [0.3, 0.4) is 0 Å². The van der Waals surface area contributed by atoms with Crippen LogP contribution in [0.5, 0.6) is 0 Å². The molecule has 1 saturated heterocycles. The van der Waals surface area contributed by atoms with Gasteiger partial charge in [-0.15, -0.1) is 11.8 Å². The van der Waals surface area contributed by atoms with Gasteiger partial charge in [0.2, 0.25) is 11.8 Å². The van der Waals surface area contributed by atoms with E-state index in [1.165, 1.54) is 24.8 Å². The van der Waals surface area contributed by atoms with Crippen LogP contribution in [0.4, 0.5) is 0 Å². The summed E-state index contributed by atoms with van der Waals surface area (Å²) in [5.74, 6) is 1.19. The number of hydrogen-bond acceptors (Lipinski definition) is 3. The zero-order valence-corrected chi connectivity index (χ0v) is 19.4. The van der Waals surface area contributed by atoms with E-state index in [1.807, 2.05) is 36.9 Å². The van der Waals surface area contributed by atoms with E-state index in [1.54, 1.807) is 17.8 Å². The molecule has 1 heterocycles. The van der Waals surface area contributed by atoms with Crippen LogP contribution in [-0.2, 0) is 16.0 Å². The number of carbonyl (C=O) groups is 2. The maximum Gasteiger partial charge on any atom is 0.248 e. The Bertz CT molecular complexity index is 739. The average molecular weight is 429 g/mol. The molecule has 3 atom stereocenters. The summed E-state index contributed by atoms with van der Waals surface area (Å²) >= 11 is 1.80. The fraction of sp³-hybridized carbons (Fsp3) is 0.600. The van der Waals surface area contributed by atoms with Crippen molar-refractivity contribution >= 4 is 23.6 Å². The molecule has 0 spiro atoms. The lowest BCUT2D eigenvalue weighted by molar-refractivity contribution is -0.137. The maximum absolute atomic E-state index is 13.2. The van der Waals surface area contributed by atoms with Crippen LogP contribution < -0.4 is 5.32 Å². The largest absolute Gasteiger partial charge is 0.352 e. The molecule has 1 aliphatic carbocycles. The molecule has 1 aliphatic heterocycles. The van der Waals surface area contributed by atoms with Crippen molar-refractivity contribution in [2.45, 2.75) is 83.2 Å². The molecule has 1 saturated carbocycles. The third-order valence-corrected chi connectivity index (χ3v) is 7.62. The lowest BCUT2D eigenvalue weighted by Gasteiger charge is -2.35. The third-order valence-electron chi connectivity index (χ3n) is 6.15. The highest BCUT2D eigenvalue weighted by Gasteiger charge is 2.44. The molecule has 2 aliphatic rings. The predicted octanol–water partition coefficient (Wildman–Crippen LogP) is 4.94. The summed E-state index contributed by atoms with van der Waals surface area (Å²) in [6.45, 7) is 5.94. The van der Waals surface area contributed by atoms with E-state index in [0.29, 0.717) is 11.7 Å². The average Bonchev–Trinajstić information content (AvgIpc) is 3.19. The highest BCUT2D eigenvalue weighted by molar-refractivity contribution is 8.00. The van der Waals surface area contributed by atoms with Crippen molar-refractivity contribution in [1.29, 1.82) is 0 Å². The van der Waals surface area contributed by atoms with Gasteiger partial charge in [0.15, 0.2) is 0 Å². The van der Waals surface area contributed by atoms with Crippen molar-refractivity contribution in [3.05, 3.63) is 47.5 Å². The lowest BCUT2D eigenvalue weighted by Crippen LogP contribution is -2.52. The van der Waals surface area contributed by atoms with Gasteiger partial charge in [0.25, 0.3) is 0 Å². The van der Waals surface area contributed by atoms with Gasteiger partial charge in [0.05, 0.1) is 5.37 Å². The van der Waals surface area contributed by atoms with E-state index in [0.717, 1.165) is 31.3 Å². The van der Waals surface area contributed by atoms with Gasteiger partial charge in [0.1, 0.15) is 6.04 Å². The van der Waals surface area contributed by atoms with E-state index in [4.69, 9.17) is 0 Å². The van der Waals surface area contributed by atoms with Gasteiger partial charge in [0, 0.05) is 17.9 Å². The molecule has 0 radical (unpaired) electrons. The van der Waals surface area contributed by atoms with Gasteiger partial charge in [-0.2, -0.15) is 0 Å². The molecule has 1 N–H and O–H groups in total. The highest BCUT2D eigenvalue weighted by Crippen LogP contribution is 2.40. The SMILES string of the molecule is CC(C)=CC(=O)N1C(C(=O)NC(C)CCc2ccccc2)CSC1C1CCCCC1. The Kier molecular flexibility index (Phi) is 8.43. The van der Waals surface area contributed by atoms with Crippen LogP contribution in [0, 0.1) is 5.92 Å². The molecule has 3 unspecified atom stereocenters. The van der Waals surface area contributed by atoms with Gasteiger partial charge in [-0.1, -0.05) is 55.2 Å². The van der Waals surface area contributed by atoms with Gasteiger partial charge in [-0.25, -0.2) is 0 Å². The molecule has 2 fully saturated rings. The highest BCUT2D eigenvalue weighted by atomic mass is 32.2. The van der Waals surface area contributed by atoms with E-state index < -0.39 is 0 Å². The molecule has 5 heteroatoms. The Hall–Kier alpha value is -1.75. The Morgan fingerprint density at radius 1 is 1.17 bits per heavy atom. The monoisotopic (exact) mass is 428 g/mol. The number of thioether (sulfide) groups is 1. The summed E-state index contributed by atoms with van der Waals surface area (Å²) < 4.78 is 0. The number of nitrogens with zero attached hydrogens (tertiary/aromatic N) is 1. The maximum atomic E-state index is 13.2. The van der Waals surface area contributed by atoms with E-state index in [2.05, 4.69) is 24.4 Å². The fourth-order valence-electron chi connectivity index (χ4n) is 4.55. The zero-order chi connectivity index (χ0) is 21.5. The van der Waals surface area contributed by atoms with Crippen LogP contribution in [0.2, 0.25) is 0 Å². The fourth-order valence-corrected chi connectivity index (χ4v) is 6.20. The van der Waals surface area contributed by atoms with E-state index in [-0.39, 0.29) is 29.3 Å². The van der Waals surface area contributed by atoms with Gasteiger partial charge < -0.3 is 10.2 Å². The number of rotatable bonds is 7. The zero-order valence-electron chi connectivity index (χ0n) is 18.6. The quantitative estimate of drug-likeness (QED) is 0.626. The molecule has 1 aromatic rings. The molecule has 4 nitrogen and oxygen atoms in total. The summed E-state index contributed by atoms with van der Waals surface area (Å²) in [4.78, 5) is 28.1. The summed E-state index contributed by atoms with van der Waals surface area (Å²) in [6.07, 6.45) is 9.62. The van der Waals surface area contributed by atoms with Crippen molar-refractivity contribution in [2.75, 3.05) is 5.75 Å². The van der Waals surface area contributed by atoms with Crippen molar-refractivity contribution < 1.29 is 9.59 Å². The first-order valence-electron chi connectivity index (χ1n) is 11.4. The first-order valence-corrected chi connectivity index (χ1v) is 12.4. The standard InChI is InChI=1S/C25H36N2O2S/c1-18(2)16-23(28)27-22(17-30-25(27)21-12-8-5-9-13-21)24(29)26-19(3)14-15-20-10-6-4-7-11-20/h4,6-7,10-11,16,19,21-22,25H,5,8-9,12-15,17H2,1-3H3,(H,26,29). The summed E-state index contributed by atoms with van der Waals surface area (Å²) in [7, 11) is 0. The van der Waals surface area contributed by atoms with E-state index >= 15 is 0 Å². The summed E-state index contributed by atoms with van der Waals surface area (Å²) in [6, 6.07) is 10.1. The second kappa shape index (κ2) is 11.0. The smallest absolute Gasteiger partial charge is 0.248 e. The van der Waals surface area contributed by atoms with Crippen LogP contribution >= 0.6 is 11.8 Å². The van der Waals surface area contributed by atoms with Crippen LogP contribution in [0.15, 0.2) is 42.0 Å². The number of nitrogens with one attached hydrogen (secondary N) is 1. The Morgan fingerprint density at radius 3 is 2.53 bits per heavy atom. The molecule has 3 rings (SSSR count). The first kappa shape index (κ1) is 22.9. The predicted molar refractivity (Wildman–Crippen MR) is 125 cm³/mol. The normalized spacial score (nSPS) is 23.1. The van der Waals surface area contributed by atoms with E-state index in [9.17, 15) is 9.59 Å². The van der Waals surface area contributed by atoms with Crippen LogP contribution in [0.1, 0.15) is 64.9 Å². The van der Waals surface area contributed by atoms with Crippen molar-refractivity contribution in [1.82, 2.24) is 10.2 Å². The molecule has 164 valence electrons. The Morgan fingerprint density at radius 2 is 1.87 bits per heavy atom. The van der Waals surface area contributed by atoms with Gasteiger partial charge >= 0.3 is 0 Å². The molecular formula is C25H36N2O2S. The number of amides is 2. The Labute approximate surface area is 185 Å². The number of hydrogen-bond donors (Lipinski definition) is 1. The summed E-state index contributed by atoms with van der Waals surface area (Å²) in [5, 5.41) is 3.32. The number of allylic oxidation sites excluding steroid dienone is 1. The first-order chi connectivity index (χ1) is 14.5. The molecule has 0 aromatic heterocycles. The number of aryl methyl sites for hydroxylation is 1. The molecular weight excluding hydrogens is 392 g/mol. The Balaban J connectivity index is 1.64. The molecule has 30 heavy (non-hydrogen) atoms. The van der Waals surface area contributed by atoms with Crippen molar-refractivity contribution in [2.24, 2.45) is 5.92 Å². The minimum Gasteiger partial charge on any atom is -0.352 e. The van der Waals surface area contributed by atoms with Gasteiger partial charge in [-0.3, -0.25) is 9.59 Å². The third kappa shape index (κ3) is 6.13. The number of carbonyl (C=O) groups excluding carboxylic acids is 2. The summed E-state index contributed by atoms with van der Waals surface area (Å²) in [5.41, 5.74) is 2.27. The second-order valence-corrected chi connectivity index (χ2v) is 10.2. The van der Waals surface area contributed by atoms with Crippen LogP contribution in [0.25, 0.3) is 0 Å². The molecule has 1 aromatic carbocycles. The molecule has 0 bridgehead atoms. The molecule has 2 amide bonds. The van der Waals surface area contributed by atoms with Crippen LogP contribution in [-0.4, -0.2) is 39.9 Å².